The van der Waals surface area contributed by atoms with Gasteiger partial charge in [0.05, 0.1) is 24.7 Å². The molecule has 2 atom stereocenters. The van der Waals surface area contributed by atoms with Crippen molar-refractivity contribution in [3.05, 3.63) is 18.2 Å². The van der Waals surface area contributed by atoms with Gasteiger partial charge < -0.3 is 15.4 Å². The van der Waals surface area contributed by atoms with Gasteiger partial charge in [0, 0.05) is 12.7 Å². The number of rotatable bonds is 4. The Labute approximate surface area is 97.5 Å². The molecular weight excluding hydrogens is 202 g/mol. The molecule has 92 valence electrons. The SMILES string of the molecule is CC(Cn1cncc1C(N)CO)C(C)(C)C. The summed E-state index contributed by atoms with van der Waals surface area (Å²) in [6, 6.07) is -0.338. The highest BCUT2D eigenvalue weighted by atomic mass is 16.3. The lowest BCUT2D eigenvalue weighted by molar-refractivity contribution is 0.224. The zero-order valence-corrected chi connectivity index (χ0v) is 10.6. The Hall–Kier alpha value is -0.870. The Morgan fingerprint density at radius 3 is 2.62 bits per heavy atom. The van der Waals surface area contributed by atoms with Crippen LogP contribution in [0.15, 0.2) is 12.5 Å². The van der Waals surface area contributed by atoms with Crippen LogP contribution in [0.1, 0.15) is 39.4 Å². The number of imidazole rings is 1. The summed E-state index contributed by atoms with van der Waals surface area (Å²) in [5, 5.41) is 9.06. The van der Waals surface area contributed by atoms with Crippen molar-refractivity contribution >= 4 is 0 Å². The largest absolute Gasteiger partial charge is 0.394 e. The quantitative estimate of drug-likeness (QED) is 0.817. The minimum absolute atomic E-state index is 0.0460. The van der Waals surface area contributed by atoms with E-state index in [0.29, 0.717) is 5.92 Å². The summed E-state index contributed by atoms with van der Waals surface area (Å²) in [5.74, 6) is 0.520. The van der Waals surface area contributed by atoms with E-state index in [1.54, 1.807) is 12.5 Å². The van der Waals surface area contributed by atoms with Crippen LogP contribution in [0, 0.1) is 11.3 Å². The highest BCUT2D eigenvalue weighted by Gasteiger charge is 2.21. The van der Waals surface area contributed by atoms with Crippen molar-refractivity contribution in [2.24, 2.45) is 17.1 Å². The van der Waals surface area contributed by atoms with Crippen molar-refractivity contribution in [1.29, 1.82) is 0 Å². The maximum Gasteiger partial charge on any atom is 0.0948 e. The molecule has 0 aliphatic heterocycles. The van der Waals surface area contributed by atoms with Gasteiger partial charge in [-0.1, -0.05) is 27.7 Å². The Morgan fingerprint density at radius 1 is 1.50 bits per heavy atom. The van der Waals surface area contributed by atoms with Crippen LogP contribution >= 0.6 is 0 Å². The van der Waals surface area contributed by atoms with Gasteiger partial charge >= 0.3 is 0 Å². The molecule has 4 heteroatoms. The molecule has 4 nitrogen and oxygen atoms in total. The molecular formula is C12H23N3O. The minimum atomic E-state index is -0.338. The Morgan fingerprint density at radius 2 is 2.12 bits per heavy atom. The first kappa shape index (κ1) is 13.2. The summed E-state index contributed by atoms with van der Waals surface area (Å²) in [6.45, 7) is 9.72. The molecule has 1 rings (SSSR count). The van der Waals surface area contributed by atoms with Crippen LogP contribution < -0.4 is 5.73 Å². The van der Waals surface area contributed by atoms with Gasteiger partial charge in [-0.2, -0.15) is 0 Å². The maximum absolute atomic E-state index is 9.06. The van der Waals surface area contributed by atoms with Crippen LogP contribution in [0.25, 0.3) is 0 Å². The number of aromatic nitrogens is 2. The van der Waals surface area contributed by atoms with Gasteiger partial charge in [0.25, 0.3) is 0 Å². The molecule has 0 aliphatic carbocycles. The Kier molecular flexibility index (Phi) is 4.10. The highest BCUT2D eigenvalue weighted by molar-refractivity contribution is 5.04. The molecule has 0 spiro atoms. The average molecular weight is 225 g/mol. The van der Waals surface area contributed by atoms with Gasteiger partial charge in [-0.15, -0.1) is 0 Å². The van der Waals surface area contributed by atoms with Crippen LogP contribution in [0.4, 0.5) is 0 Å². The fourth-order valence-electron chi connectivity index (χ4n) is 1.45. The predicted octanol–water partition coefficient (Wildman–Crippen LogP) is 1.56. The summed E-state index contributed by atoms with van der Waals surface area (Å²) in [6.07, 6.45) is 3.52. The molecule has 0 saturated carbocycles. The van der Waals surface area contributed by atoms with E-state index < -0.39 is 0 Å². The van der Waals surface area contributed by atoms with Gasteiger partial charge in [0.2, 0.25) is 0 Å². The first-order chi connectivity index (χ1) is 7.36. The third-order valence-electron chi connectivity index (χ3n) is 3.27. The van der Waals surface area contributed by atoms with E-state index in [4.69, 9.17) is 10.8 Å². The number of nitrogens with two attached hydrogens (primary N) is 1. The molecule has 0 fully saturated rings. The van der Waals surface area contributed by atoms with Crippen molar-refractivity contribution in [3.8, 4) is 0 Å². The molecule has 1 heterocycles. The normalized spacial score (nSPS) is 16.1. The molecule has 0 saturated heterocycles. The van der Waals surface area contributed by atoms with E-state index in [-0.39, 0.29) is 18.1 Å². The predicted molar refractivity (Wildman–Crippen MR) is 64.9 cm³/mol. The molecule has 0 bridgehead atoms. The summed E-state index contributed by atoms with van der Waals surface area (Å²) in [4.78, 5) is 4.10. The van der Waals surface area contributed by atoms with Crippen molar-refractivity contribution in [2.75, 3.05) is 6.61 Å². The van der Waals surface area contributed by atoms with Gasteiger partial charge in [0.15, 0.2) is 0 Å². The maximum atomic E-state index is 9.06. The van der Waals surface area contributed by atoms with E-state index in [9.17, 15) is 0 Å². The second-order valence-corrected chi connectivity index (χ2v) is 5.53. The minimum Gasteiger partial charge on any atom is -0.394 e. The van der Waals surface area contributed by atoms with Gasteiger partial charge in [-0.25, -0.2) is 4.98 Å². The fraction of sp³-hybridized carbons (Fsp3) is 0.750. The lowest BCUT2D eigenvalue weighted by Gasteiger charge is -2.28. The smallest absolute Gasteiger partial charge is 0.0948 e. The summed E-state index contributed by atoms with van der Waals surface area (Å²) >= 11 is 0. The second-order valence-electron chi connectivity index (χ2n) is 5.53. The van der Waals surface area contributed by atoms with Crippen molar-refractivity contribution in [3.63, 3.8) is 0 Å². The van der Waals surface area contributed by atoms with E-state index in [1.165, 1.54) is 0 Å². The van der Waals surface area contributed by atoms with Crippen molar-refractivity contribution in [2.45, 2.75) is 40.3 Å². The standard InChI is InChI=1S/C12H23N3O/c1-9(12(2,3)4)6-15-8-14-5-11(15)10(13)7-16/h5,8-10,16H,6-7,13H2,1-4H3. The molecule has 0 radical (unpaired) electrons. The second kappa shape index (κ2) is 4.97. The summed E-state index contributed by atoms with van der Waals surface area (Å²) in [5.41, 5.74) is 6.97. The molecule has 16 heavy (non-hydrogen) atoms. The van der Waals surface area contributed by atoms with Crippen LogP contribution in [0.5, 0.6) is 0 Å². The zero-order valence-electron chi connectivity index (χ0n) is 10.6. The molecule has 2 unspecified atom stereocenters. The third-order valence-corrected chi connectivity index (χ3v) is 3.27. The zero-order chi connectivity index (χ0) is 12.3. The van der Waals surface area contributed by atoms with E-state index in [2.05, 4.69) is 32.7 Å². The summed E-state index contributed by atoms with van der Waals surface area (Å²) in [7, 11) is 0. The third kappa shape index (κ3) is 3.06. The van der Waals surface area contributed by atoms with Crippen molar-refractivity contribution in [1.82, 2.24) is 9.55 Å². The number of aliphatic hydroxyl groups excluding tert-OH is 1. The molecule has 3 N–H and O–H groups in total. The van der Waals surface area contributed by atoms with E-state index >= 15 is 0 Å². The summed E-state index contributed by atoms with van der Waals surface area (Å²) < 4.78 is 2.04. The van der Waals surface area contributed by atoms with Crippen LogP contribution in [0.3, 0.4) is 0 Å². The number of hydrogen-bond donors (Lipinski definition) is 2. The first-order valence-corrected chi connectivity index (χ1v) is 5.72. The van der Waals surface area contributed by atoms with Crippen LogP contribution in [0.2, 0.25) is 0 Å². The van der Waals surface area contributed by atoms with Gasteiger partial charge in [-0.05, 0) is 11.3 Å². The topological polar surface area (TPSA) is 64.1 Å². The molecule has 0 amide bonds. The average Bonchev–Trinajstić information content (AvgIpc) is 2.63. The molecule has 1 aromatic rings. The van der Waals surface area contributed by atoms with Crippen LogP contribution in [-0.2, 0) is 6.54 Å². The monoisotopic (exact) mass is 225 g/mol. The van der Waals surface area contributed by atoms with Crippen LogP contribution in [-0.4, -0.2) is 21.3 Å². The number of nitrogens with zero attached hydrogens (tertiary/aromatic N) is 2. The lowest BCUT2D eigenvalue weighted by atomic mass is 9.82. The Balaban J connectivity index is 2.78. The lowest BCUT2D eigenvalue weighted by Crippen LogP contribution is -2.25. The van der Waals surface area contributed by atoms with E-state index in [1.807, 2.05) is 4.57 Å². The number of aliphatic hydroxyl groups is 1. The van der Waals surface area contributed by atoms with Gasteiger partial charge in [0.1, 0.15) is 0 Å². The first-order valence-electron chi connectivity index (χ1n) is 5.72. The van der Waals surface area contributed by atoms with Crippen molar-refractivity contribution < 1.29 is 5.11 Å². The highest BCUT2D eigenvalue weighted by Crippen LogP contribution is 2.27. The number of hydrogen-bond acceptors (Lipinski definition) is 3. The molecule has 0 aromatic carbocycles. The van der Waals surface area contributed by atoms with Gasteiger partial charge in [-0.3, -0.25) is 0 Å². The fourth-order valence-corrected chi connectivity index (χ4v) is 1.45. The van der Waals surface area contributed by atoms with E-state index in [0.717, 1.165) is 12.2 Å². The Bertz CT molecular complexity index is 327. The molecule has 1 aromatic heterocycles. The molecule has 0 aliphatic rings.